The molecule has 3 aliphatic rings. The number of hydrogen-bond acceptors (Lipinski definition) is 6. The van der Waals surface area contributed by atoms with Crippen LogP contribution in [0.25, 0.3) is 0 Å². The highest BCUT2D eigenvalue weighted by Gasteiger charge is 2.57. The average Bonchev–Trinajstić information content (AvgIpc) is 3.01. The summed E-state index contributed by atoms with van der Waals surface area (Å²) in [5, 5.41) is 32.7. The van der Waals surface area contributed by atoms with Gasteiger partial charge >= 0.3 is 11.9 Å². The van der Waals surface area contributed by atoms with Gasteiger partial charge in [-0.15, -0.1) is 0 Å². The van der Waals surface area contributed by atoms with Crippen molar-refractivity contribution in [3.8, 4) is 0 Å². The van der Waals surface area contributed by atoms with Crippen LogP contribution in [0.1, 0.15) is 25.7 Å². The van der Waals surface area contributed by atoms with Crippen LogP contribution in [0.5, 0.6) is 0 Å². The first-order valence-corrected chi connectivity index (χ1v) is 9.16. The van der Waals surface area contributed by atoms with E-state index in [0.717, 1.165) is 5.57 Å². The Morgan fingerprint density at radius 3 is 2.73 bits per heavy atom. The molecule has 0 spiro atoms. The number of carbonyl (C=O) groups is 2. The smallest absolute Gasteiger partial charge is 0.311 e. The number of hydrogen-bond donors (Lipinski definition) is 4. The van der Waals surface area contributed by atoms with Crippen molar-refractivity contribution < 1.29 is 29.6 Å². The predicted molar refractivity (Wildman–Crippen MR) is 93.1 cm³/mol. The highest BCUT2D eigenvalue weighted by Crippen LogP contribution is 2.52. The fourth-order valence-electron chi connectivity index (χ4n) is 4.76. The van der Waals surface area contributed by atoms with Gasteiger partial charge in [-0.3, -0.25) is 9.59 Å². The molecule has 7 atom stereocenters. The fourth-order valence-corrected chi connectivity index (χ4v) is 4.76. The van der Waals surface area contributed by atoms with Crippen molar-refractivity contribution >= 4 is 11.9 Å². The van der Waals surface area contributed by atoms with Gasteiger partial charge in [-0.1, -0.05) is 18.7 Å². The second-order valence-corrected chi connectivity index (χ2v) is 7.68. The lowest BCUT2D eigenvalue weighted by molar-refractivity contribution is -0.145. The van der Waals surface area contributed by atoms with Gasteiger partial charge in [0.15, 0.2) is 0 Å². The van der Waals surface area contributed by atoms with E-state index in [4.69, 9.17) is 9.84 Å². The Bertz CT molecular complexity index is 617. The Balaban J connectivity index is 1.72. The number of rotatable bonds is 6. The van der Waals surface area contributed by atoms with E-state index in [1.165, 1.54) is 0 Å². The molecule has 3 fully saturated rings. The Morgan fingerprint density at radius 1 is 1.31 bits per heavy atom. The van der Waals surface area contributed by atoms with Crippen molar-refractivity contribution in [1.82, 2.24) is 5.32 Å². The quantitative estimate of drug-likeness (QED) is 0.307. The summed E-state index contributed by atoms with van der Waals surface area (Å²) in [6, 6.07) is 0. The number of carboxylic acids is 1. The minimum Gasteiger partial charge on any atom is -0.481 e. The van der Waals surface area contributed by atoms with Crippen LogP contribution in [-0.4, -0.2) is 58.7 Å². The number of nitrogens with one attached hydrogen (secondary N) is 1. The third kappa shape index (κ3) is 3.43. The molecule has 0 bridgehead atoms. The topological polar surface area (TPSA) is 116 Å². The molecule has 0 aromatic rings. The number of carbonyl (C=O) groups excluding carboxylic acids is 1. The molecule has 144 valence electrons. The van der Waals surface area contributed by atoms with E-state index in [0.29, 0.717) is 37.9 Å². The Hall–Kier alpha value is -1.70. The fraction of sp³-hybridized carbons (Fsp3) is 0.684. The number of fused-ring (bicyclic) bond motifs is 3. The summed E-state index contributed by atoms with van der Waals surface area (Å²) in [5.41, 5.74) is 1.53. The molecule has 7 nitrogen and oxygen atoms in total. The van der Waals surface area contributed by atoms with Crippen molar-refractivity contribution in [2.45, 2.75) is 44.0 Å². The first-order valence-electron chi connectivity index (χ1n) is 9.16. The van der Waals surface area contributed by atoms with E-state index in [2.05, 4.69) is 18.5 Å². The van der Waals surface area contributed by atoms with Crippen LogP contribution in [-0.2, 0) is 14.3 Å². The molecule has 7 heteroatoms. The van der Waals surface area contributed by atoms with Gasteiger partial charge in [-0.05, 0) is 37.3 Å². The summed E-state index contributed by atoms with van der Waals surface area (Å²) in [7, 11) is 0. The molecule has 3 rings (SSSR count). The largest absolute Gasteiger partial charge is 0.481 e. The van der Waals surface area contributed by atoms with Crippen molar-refractivity contribution in [3.63, 3.8) is 0 Å². The molecule has 2 aliphatic carbocycles. The van der Waals surface area contributed by atoms with Crippen LogP contribution in [0.2, 0.25) is 0 Å². The Kier molecular flexibility index (Phi) is 5.50. The van der Waals surface area contributed by atoms with Crippen LogP contribution >= 0.6 is 0 Å². The summed E-state index contributed by atoms with van der Waals surface area (Å²) >= 11 is 0. The van der Waals surface area contributed by atoms with Crippen LogP contribution in [0.3, 0.4) is 0 Å². The number of esters is 1. The Labute approximate surface area is 152 Å². The lowest BCUT2D eigenvalue weighted by Gasteiger charge is -2.28. The number of carboxylic acid groups (broad SMARTS) is 1. The van der Waals surface area contributed by atoms with Gasteiger partial charge in [-0.2, -0.15) is 0 Å². The lowest BCUT2D eigenvalue weighted by Crippen LogP contribution is -2.39. The van der Waals surface area contributed by atoms with Gasteiger partial charge in [0.1, 0.15) is 6.10 Å². The molecule has 0 radical (unpaired) electrons. The normalized spacial score (nSPS) is 39.3. The zero-order chi connectivity index (χ0) is 19.0. The minimum absolute atomic E-state index is 0.0303. The summed E-state index contributed by atoms with van der Waals surface area (Å²) in [5.74, 6) is -2.34. The molecular formula is C19H27NO6. The highest BCUT2D eigenvalue weighted by molar-refractivity contribution is 5.76. The number of aliphatic hydroxyl groups is 2. The number of aliphatic carboxylic acids is 1. The zero-order valence-corrected chi connectivity index (χ0v) is 14.8. The minimum atomic E-state index is -0.853. The predicted octanol–water partition coefficient (Wildman–Crippen LogP) is 0.473. The van der Waals surface area contributed by atoms with E-state index in [1.54, 1.807) is 0 Å². The maximum atomic E-state index is 12.4. The summed E-state index contributed by atoms with van der Waals surface area (Å²) in [6.07, 6.45) is -0.444. The molecule has 26 heavy (non-hydrogen) atoms. The first-order chi connectivity index (χ1) is 12.3. The lowest BCUT2D eigenvalue weighted by atomic mass is 9.79. The van der Waals surface area contributed by atoms with Gasteiger partial charge in [0.2, 0.25) is 0 Å². The van der Waals surface area contributed by atoms with Crippen molar-refractivity contribution in [2.75, 3.05) is 13.1 Å². The maximum Gasteiger partial charge on any atom is 0.311 e. The van der Waals surface area contributed by atoms with Crippen LogP contribution in [0.15, 0.2) is 24.3 Å². The Morgan fingerprint density at radius 2 is 2.04 bits per heavy atom. The maximum absolute atomic E-state index is 12.4. The van der Waals surface area contributed by atoms with E-state index < -0.39 is 30.2 Å². The second-order valence-electron chi connectivity index (χ2n) is 7.68. The van der Waals surface area contributed by atoms with Crippen molar-refractivity contribution in [3.05, 3.63) is 24.3 Å². The van der Waals surface area contributed by atoms with Gasteiger partial charge in [0.05, 0.1) is 18.1 Å². The SMILES string of the molecule is C=C1[C@@H]2[C@@H]3OC(=O)[C@@H](CNCCCC(=O)O)[C@@H]3[C@@H](O)CC(=C)[C@@H]2C[C@@H]1O. The molecule has 0 aromatic heterocycles. The average molecular weight is 365 g/mol. The van der Waals surface area contributed by atoms with Crippen molar-refractivity contribution in [2.24, 2.45) is 23.7 Å². The number of aliphatic hydroxyl groups excluding tert-OH is 2. The highest BCUT2D eigenvalue weighted by atomic mass is 16.6. The van der Waals surface area contributed by atoms with Gasteiger partial charge in [0.25, 0.3) is 0 Å². The molecule has 2 saturated carbocycles. The molecule has 0 aromatic carbocycles. The van der Waals surface area contributed by atoms with Crippen LogP contribution in [0, 0.1) is 23.7 Å². The molecular weight excluding hydrogens is 338 g/mol. The van der Waals surface area contributed by atoms with Gasteiger partial charge in [-0.25, -0.2) is 0 Å². The summed E-state index contributed by atoms with van der Waals surface area (Å²) in [6.45, 7) is 8.89. The van der Waals surface area contributed by atoms with Gasteiger partial charge in [0, 0.05) is 24.8 Å². The zero-order valence-electron chi connectivity index (χ0n) is 14.8. The van der Waals surface area contributed by atoms with E-state index in [1.807, 2.05) is 0 Å². The monoisotopic (exact) mass is 365 g/mol. The molecule has 4 N–H and O–H groups in total. The molecule has 1 heterocycles. The third-order valence-electron chi connectivity index (χ3n) is 6.07. The van der Waals surface area contributed by atoms with Crippen molar-refractivity contribution in [1.29, 1.82) is 0 Å². The van der Waals surface area contributed by atoms with E-state index in [-0.39, 0.29) is 30.1 Å². The second kappa shape index (κ2) is 7.50. The van der Waals surface area contributed by atoms with E-state index >= 15 is 0 Å². The standard InChI is InChI=1S/C19H27NO6/c1-9-6-14(22)17-12(8-20-5-3-4-15(23)24)19(25)26-18(17)16-10(2)13(21)7-11(9)16/h11-14,16-18,20-22H,1-8H2,(H,23,24)/t11-,12-,13-,14-,16-,17+,18-/m0/s1. The molecule has 0 unspecified atom stereocenters. The third-order valence-corrected chi connectivity index (χ3v) is 6.07. The number of ether oxygens (including phenoxy) is 1. The molecule has 1 saturated heterocycles. The van der Waals surface area contributed by atoms with E-state index in [9.17, 15) is 19.8 Å². The van der Waals surface area contributed by atoms with Crippen LogP contribution < -0.4 is 5.32 Å². The van der Waals surface area contributed by atoms with Gasteiger partial charge < -0.3 is 25.4 Å². The summed E-state index contributed by atoms with van der Waals surface area (Å²) in [4.78, 5) is 23.0. The first kappa shape index (κ1) is 19.1. The molecule has 1 aliphatic heterocycles. The molecule has 0 amide bonds. The summed E-state index contributed by atoms with van der Waals surface area (Å²) < 4.78 is 5.66. The van der Waals surface area contributed by atoms with Crippen LogP contribution in [0.4, 0.5) is 0 Å².